The third kappa shape index (κ3) is 5.09. The van der Waals surface area contributed by atoms with Crippen LogP contribution in [0.25, 0.3) is 0 Å². The van der Waals surface area contributed by atoms with Gasteiger partial charge in [-0.2, -0.15) is 0 Å². The van der Waals surface area contributed by atoms with Gasteiger partial charge < -0.3 is 20.1 Å². The van der Waals surface area contributed by atoms with Gasteiger partial charge in [0.1, 0.15) is 11.5 Å². The molecule has 0 aromatic heterocycles. The number of piperazine rings is 1. The number of carbonyl (C=O) groups is 1. The quantitative estimate of drug-likeness (QED) is 0.814. The van der Waals surface area contributed by atoms with Gasteiger partial charge in [-0.25, -0.2) is 0 Å². The molecule has 2 N–H and O–H groups in total. The predicted molar refractivity (Wildman–Crippen MR) is 98.9 cm³/mol. The Morgan fingerprint density at radius 1 is 1.12 bits per heavy atom. The third-order valence-corrected chi connectivity index (χ3v) is 4.73. The van der Waals surface area contributed by atoms with Gasteiger partial charge in [-0.3, -0.25) is 9.69 Å². The van der Waals surface area contributed by atoms with E-state index < -0.39 is 5.54 Å². The summed E-state index contributed by atoms with van der Waals surface area (Å²) in [5, 5.41) is 0. The van der Waals surface area contributed by atoms with E-state index >= 15 is 0 Å². The van der Waals surface area contributed by atoms with Crippen LogP contribution < -0.4 is 15.2 Å². The summed E-state index contributed by atoms with van der Waals surface area (Å²) < 4.78 is 10.7. The molecular formula is C19H31N3O3. The summed E-state index contributed by atoms with van der Waals surface area (Å²) in [4.78, 5) is 16.8. The van der Waals surface area contributed by atoms with Crippen LogP contribution in [0.15, 0.2) is 18.2 Å². The van der Waals surface area contributed by atoms with E-state index in [4.69, 9.17) is 15.2 Å². The van der Waals surface area contributed by atoms with Crippen LogP contribution >= 0.6 is 0 Å². The molecular weight excluding hydrogens is 318 g/mol. The number of methoxy groups -OCH3 is 2. The fourth-order valence-electron chi connectivity index (χ4n) is 3.31. The summed E-state index contributed by atoms with van der Waals surface area (Å²) in [6, 6.07) is 5.92. The van der Waals surface area contributed by atoms with Crippen molar-refractivity contribution in [3.05, 3.63) is 23.8 Å². The number of benzene rings is 1. The molecule has 0 spiro atoms. The van der Waals surface area contributed by atoms with Gasteiger partial charge in [0.2, 0.25) is 5.91 Å². The number of carbonyl (C=O) groups excluding carboxylic acids is 1. The molecule has 0 aliphatic carbocycles. The average Bonchev–Trinajstić information content (AvgIpc) is 2.61. The zero-order chi connectivity index (χ0) is 18.4. The molecule has 1 unspecified atom stereocenters. The molecule has 1 aromatic rings. The molecule has 0 saturated carbocycles. The van der Waals surface area contributed by atoms with Gasteiger partial charge in [0.05, 0.1) is 19.8 Å². The molecule has 6 nitrogen and oxygen atoms in total. The normalized spacial score (nSPS) is 17.9. The molecule has 1 fully saturated rings. The Morgan fingerprint density at radius 3 is 2.16 bits per heavy atom. The molecule has 6 heteroatoms. The Morgan fingerprint density at radius 2 is 1.68 bits per heavy atom. The van der Waals surface area contributed by atoms with Crippen molar-refractivity contribution in [2.45, 2.75) is 38.8 Å². The van der Waals surface area contributed by atoms with Crippen molar-refractivity contribution in [2.75, 3.05) is 40.4 Å². The smallest absolute Gasteiger partial charge is 0.242 e. The van der Waals surface area contributed by atoms with Crippen LogP contribution in [0.4, 0.5) is 0 Å². The molecule has 1 amide bonds. The highest BCUT2D eigenvalue weighted by atomic mass is 16.5. The minimum atomic E-state index is -0.753. The number of nitrogens with two attached hydrogens (primary N) is 1. The summed E-state index contributed by atoms with van der Waals surface area (Å²) in [6.07, 6.45) is 1.63. The van der Waals surface area contributed by atoms with Crippen LogP contribution in [0.2, 0.25) is 0 Å². The number of hydrogen-bond donors (Lipinski definition) is 1. The first-order chi connectivity index (χ1) is 11.9. The maximum absolute atomic E-state index is 12.6. The maximum atomic E-state index is 12.6. The fourth-order valence-corrected chi connectivity index (χ4v) is 3.31. The first kappa shape index (κ1) is 19.5. The van der Waals surface area contributed by atoms with E-state index in [2.05, 4.69) is 11.8 Å². The Kier molecular flexibility index (Phi) is 6.67. The molecule has 1 atom stereocenters. The molecule has 0 bridgehead atoms. The van der Waals surface area contributed by atoms with E-state index in [1.165, 1.54) is 0 Å². The van der Waals surface area contributed by atoms with Crippen LogP contribution in [0.5, 0.6) is 11.5 Å². The zero-order valence-corrected chi connectivity index (χ0v) is 15.9. The second kappa shape index (κ2) is 8.54. The topological polar surface area (TPSA) is 68.0 Å². The van der Waals surface area contributed by atoms with Crippen LogP contribution in [-0.4, -0.2) is 61.6 Å². The number of rotatable bonds is 7. The number of nitrogens with zero attached hydrogens (tertiary/aromatic N) is 2. The minimum absolute atomic E-state index is 0.0667. The summed E-state index contributed by atoms with van der Waals surface area (Å²) in [7, 11) is 3.31. The minimum Gasteiger partial charge on any atom is -0.497 e. The van der Waals surface area contributed by atoms with Crippen LogP contribution in [-0.2, 0) is 11.3 Å². The van der Waals surface area contributed by atoms with E-state index in [0.717, 1.165) is 62.6 Å². The summed E-state index contributed by atoms with van der Waals surface area (Å²) >= 11 is 0. The molecule has 2 rings (SSSR count). The highest BCUT2D eigenvalue weighted by Gasteiger charge is 2.33. The Labute approximate surface area is 150 Å². The Bertz CT molecular complexity index is 559. The number of amides is 1. The van der Waals surface area contributed by atoms with Crippen LogP contribution in [0.3, 0.4) is 0 Å². The van der Waals surface area contributed by atoms with Gasteiger partial charge >= 0.3 is 0 Å². The number of ether oxygens (including phenoxy) is 2. The Hall–Kier alpha value is -1.79. The van der Waals surface area contributed by atoms with Crippen molar-refractivity contribution < 1.29 is 14.3 Å². The molecule has 1 heterocycles. The van der Waals surface area contributed by atoms with Crippen LogP contribution in [0.1, 0.15) is 32.3 Å². The summed E-state index contributed by atoms with van der Waals surface area (Å²) in [5.74, 6) is 1.65. The van der Waals surface area contributed by atoms with Crippen molar-refractivity contribution in [1.29, 1.82) is 0 Å². The van der Waals surface area contributed by atoms with Crippen molar-refractivity contribution in [2.24, 2.45) is 5.73 Å². The summed E-state index contributed by atoms with van der Waals surface area (Å²) in [5.41, 5.74) is 6.58. The maximum Gasteiger partial charge on any atom is 0.242 e. The molecule has 1 aromatic carbocycles. The Balaban J connectivity index is 1.93. The van der Waals surface area contributed by atoms with Gasteiger partial charge in [-0.15, -0.1) is 0 Å². The highest BCUT2D eigenvalue weighted by Crippen LogP contribution is 2.24. The lowest BCUT2D eigenvalue weighted by atomic mass is 9.95. The van der Waals surface area contributed by atoms with Crippen molar-refractivity contribution in [3.8, 4) is 11.5 Å². The summed E-state index contributed by atoms with van der Waals surface area (Å²) in [6.45, 7) is 7.82. The first-order valence-corrected chi connectivity index (χ1v) is 8.92. The number of hydrogen-bond acceptors (Lipinski definition) is 5. The predicted octanol–water partition coefficient (Wildman–Crippen LogP) is 1.87. The highest BCUT2D eigenvalue weighted by molar-refractivity contribution is 5.85. The third-order valence-electron chi connectivity index (χ3n) is 4.73. The average molecular weight is 349 g/mol. The molecule has 1 saturated heterocycles. The van der Waals surface area contributed by atoms with E-state index in [1.54, 1.807) is 14.2 Å². The van der Waals surface area contributed by atoms with Crippen LogP contribution in [0, 0.1) is 0 Å². The second-order valence-corrected chi connectivity index (χ2v) is 6.96. The largest absolute Gasteiger partial charge is 0.497 e. The lowest BCUT2D eigenvalue weighted by molar-refractivity contribution is -0.138. The standard InChI is InChI=1S/C19H31N3O3/c1-5-6-19(2,20)18(23)22-9-7-21(8-10-22)14-15-11-16(24-3)13-17(12-15)25-4/h11-13H,5-10,14,20H2,1-4H3. The van der Waals surface area contributed by atoms with Gasteiger partial charge in [-0.1, -0.05) is 13.3 Å². The fraction of sp³-hybridized carbons (Fsp3) is 0.632. The van der Waals surface area contributed by atoms with Gasteiger partial charge in [0.25, 0.3) is 0 Å². The molecule has 1 aliphatic heterocycles. The lowest BCUT2D eigenvalue weighted by Crippen LogP contribution is -2.58. The van der Waals surface area contributed by atoms with E-state index in [9.17, 15) is 4.79 Å². The van der Waals surface area contributed by atoms with Crippen molar-refractivity contribution in [3.63, 3.8) is 0 Å². The van der Waals surface area contributed by atoms with Gasteiger partial charge in [0.15, 0.2) is 0 Å². The van der Waals surface area contributed by atoms with Crippen molar-refractivity contribution >= 4 is 5.91 Å². The molecule has 25 heavy (non-hydrogen) atoms. The molecule has 140 valence electrons. The van der Waals surface area contributed by atoms with E-state index in [0.29, 0.717) is 0 Å². The first-order valence-electron chi connectivity index (χ1n) is 8.92. The molecule has 0 radical (unpaired) electrons. The lowest BCUT2D eigenvalue weighted by Gasteiger charge is -2.38. The van der Waals surface area contributed by atoms with E-state index in [-0.39, 0.29) is 5.91 Å². The molecule has 1 aliphatic rings. The van der Waals surface area contributed by atoms with Crippen molar-refractivity contribution in [1.82, 2.24) is 9.80 Å². The SMILES string of the molecule is CCCC(C)(N)C(=O)N1CCN(Cc2cc(OC)cc(OC)c2)CC1. The van der Waals surface area contributed by atoms with E-state index in [1.807, 2.05) is 30.0 Å². The zero-order valence-electron chi connectivity index (χ0n) is 15.9. The second-order valence-electron chi connectivity index (χ2n) is 6.96. The van der Waals surface area contributed by atoms with Gasteiger partial charge in [0, 0.05) is 38.8 Å². The van der Waals surface area contributed by atoms with Gasteiger partial charge in [-0.05, 0) is 31.0 Å². The monoisotopic (exact) mass is 349 g/mol.